The van der Waals surface area contributed by atoms with E-state index in [9.17, 15) is 0 Å². The highest BCUT2D eigenvalue weighted by molar-refractivity contribution is 7.08. The summed E-state index contributed by atoms with van der Waals surface area (Å²) in [6.07, 6.45) is 0. The summed E-state index contributed by atoms with van der Waals surface area (Å²) >= 11 is 1.68. The summed E-state index contributed by atoms with van der Waals surface area (Å²) in [5.41, 5.74) is 10.7. The van der Waals surface area contributed by atoms with Crippen molar-refractivity contribution in [3.05, 3.63) is 40.1 Å². The Hall–Kier alpha value is -1.32. The van der Waals surface area contributed by atoms with E-state index < -0.39 is 0 Å². The van der Waals surface area contributed by atoms with Gasteiger partial charge in [-0.25, -0.2) is 0 Å². The fraction of sp³-hybridized carbons (Fsp3) is 0.375. The summed E-state index contributed by atoms with van der Waals surface area (Å²) in [6.45, 7) is 7.21. The second-order valence-corrected chi connectivity index (χ2v) is 6.42. The van der Waals surface area contributed by atoms with Crippen LogP contribution in [0.5, 0.6) is 5.75 Å². The van der Waals surface area contributed by atoms with Crippen LogP contribution in [0.3, 0.4) is 0 Å². The number of rotatable bonds is 3. The smallest absolute Gasteiger partial charge is 0.126 e. The van der Waals surface area contributed by atoms with E-state index in [1.165, 1.54) is 16.7 Å². The summed E-state index contributed by atoms with van der Waals surface area (Å²) in [5.74, 6) is 0.904. The average Bonchev–Trinajstić information content (AvgIpc) is 2.85. The molecule has 1 aromatic carbocycles. The molecule has 0 aliphatic heterocycles. The second-order valence-electron chi connectivity index (χ2n) is 5.68. The molecule has 102 valence electrons. The maximum Gasteiger partial charge on any atom is 0.126 e. The first-order chi connectivity index (χ1) is 8.97. The Morgan fingerprint density at radius 3 is 2.47 bits per heavy atom. The van der Waals surface area contributed by atoms with Crippen molar-refractivity contribution in [3.63, 3.8) is 0 Å². The Balaban J connectivity index is 2.60. The molecule has 0 amide bonds. The van der Waals surface area contributed by atoms with Crippen LogP contribution < -0.4 is 10.5 Å². The molecule has 2 N–H and O–H groups in total. The van der Waals surface area contributed by atoms with Crippen LogP contribution in [0, 0.1) is 0 Å². The van der Waals surface area contributed by atoms with Gasteiger partial charge in [-0.15, -0.1) is 0 Å². The molecule has 0 aliphatic carbocycles. The number of methoxy groups -OCH3 is 1. The third kappa shape index (κ3) is 2.82. The van der Waals surface area contributed by atoms with Crippen LogP contribution in [0.15, 0.2) is 29.0 Å². The van der Waals surface area contributed by atoms with Crippen molar-refractivity contribution in [2.45, 2.75) is 32.7 Å². The third-order valence-corrected chi connectivity index (χ3v) is 4.11. The molecule has 0 saturated heterocycles. The Morgan fingerprint density at radius 1 is 1.16 bits per heavy atom. The van der Waals surface area contributed by atoms with E-state index in [2.05, 4.69) is 43.7 Å². The van der Waals surface area contributed by atoms with Crippen molar-refractivity contribution in [2.24, 2.45) is 5.73 Å². The highest BCUT2D eigenvalue weighted by atomic mass is 32.1. The van der Waals surface area contributed by atoms with E-state index in [1.54, 1.807) is 18.4 Å². The van der Waals surface area contributed by atoms with Crippen molar-refractivity contribution >= 4 is 11.3 Å². The fourth-order valence-corrected chi connectivity index (χ4v) is 2.97. The van der Waals surface area contributed by atoms with Gasteiger partial charge in [0.2, 0.25) is 0 Å². The van der Waals surface area contributed by atoms with E-state index in [0.29, 0.717) is 6.54 Å². The van der Waals surface area contributed by atoms with Crippen LogP contribution in [-0.2, 0) is 12.0 Å². The van der Waals surface area contributed by atoms with Gasteiger partial charge in [0.25, 0.3) is 0 Å². The lowest BCUT2D eigenvalue weighted by Gasteiger charge is -2.21. The predicted molar refractivity (Wildman–Crippen MR) is 82.9 cm³/mol. The number of benzene rings is 1. The first kappa shape index (κ1) is 14.1. The molecule has 0 fully saturated rings. The lowest BCUT2D eigenvalue weighted by atomic mass is 9.85. The topological polar surface area (TPSA) is 35.2 Å². The molecule has 0 bridgehead atoms. The maximum absolute atomic E-state index is 5.81. The first-order valence-electron chi connectivity index (χ1n) is 6.41. The number of nitrogens with two attached hydrogens (primary N) is 1. The van der Waals surface area contributed by atoms with Crippen molar-refractivity contribution < 1.29 is 4.74 Å². The van der Waals surface area contributed by atoms with Gasteiger partial charge >= 0.3 is 0 Å². The van der Waals surface area contributed by atoms with Crippen molar-refractivity contribution in [2.75, 3.05) is 7.11 Å². The van der Waals surface area contributed by atoms with Gasteiger partial charge in [0.1, 0.15) is 5.75 Å². The zero-order valence-electron chi connectivity index (χ0n) is 12.0. The summed E-state index contributed by atoms with van der Waals surface area (Å²) in [7, 11) is 1.71. The highest BCUT2D eigenvalue weighted by Crippen LogP contribution is 2.37. The summed E-state index contributed by atoms with van der Waals surface area (Å²) in [4.78, 5) is 0. The van der Waals surface area contributed by atoms with E-state index in [-0.39, 0.29) is 5.41 Å². The molecule has 0 unspecified atom stereocenters. The number of hydrogen-bond acceptors (Lipinski definition) is 3. The van der Waals surface area contributed by atoms with Crippen LogP contribution in [-0.4, -0.2) is 7.11 Å². The Kier molecular flexibility index (Phi) is 3.97. The molecule has 2 nitrogen and oxygen atoms in total. The normalized spacial score (nSPS) is 11.6. The van der Waals surface area contributed by atoms with Crippen molar-refractivity contribution in [3.8, 4) is 16.9 Å². The molecule has 2 aromatic rings. The van der Waals surface area contributed by atoms with Gasteiger partial charge in [-0.1, -0.05) is 26.8 Å². The molecule has 0 radical (unpaired) electrons. The largest absolute Gasteiger partial charge is 0.496 e. The average molecular weight is 275 g/mol. The molecule has 1 heterocycles. The van der Waals surface area contributed by atoms with Crippen LogP contribution in [0.4, 0.5) is 0 Å². The molecular weight excluding hydrogens is 254 g/mol. The Labute approximate surface area is 119 Å². The molecule has 19 heavy (non-hydrogen) atoms. The van der Waals surface area contributed by atoms with Crippen molar-refractivity contribution in [1.29, 1.82) is 0 Å². The lowest BCUT2D eigenvalue weighted by Crippen LogP contribution is -2.11. The molecule has 1 aromatic heterocycles. The minimum atomic E-state index is 0.125. The lowest BCUT2D eigenvalue weighted by molar-refractivity contribution is 0.416. The standard InChI is InChI=1S/C16H21NOS/c1-16(2,3)12-5-6-15(18-4)13(7-12)14-10-19-9-11(14)8-17/h5-7,9-10H,8,17H2,1-4H3. The first-order valence-corrected chi connectivity index (χ1v) is 7.35. The molecule has 0 aliphatic rings. The molecule has 0 spiro atoms. The molecule has 0 saturated carbocycles. The van der Waals surface area contributed by atoms with E-state index in [1.807, 2.05) is 6.07 Å². The number of ether oxygens (including phenoxy) is 1. The van der Waals surface area contributed by atoms with Gasteiger partial charge in [0.15, 0.2) is 0 Å². The summed E-state index contributed by atoms with van der Waals surface area (Å²) < 4.78 is 5.50. The van der Waals surface area contributed by atoms with Gasteiger partial charge in [-0.2, -0.15) is 11.3 Å². The third-order valence-electron chi connectivity index (χ3n) is 3.32. The minimum absolute atomic E-state index is 0.125. The maximum atomic E-state index is 5.81. The molecular formula is C16H21NOS. The number of hydrogen-bond donors (Lipinski definition) is 1. The van der Waals surface area contributed by atoms with E-state index >= 15 is 0 Å². The van der Waals surface area contributed by atoms with E-state index in [4.69, 9.17) is 10.5 Å². The minimum Gasteiger partial charge on any atom is -0.496 e. The molecule has 3 heteroatoms. The monoisotopic (exact) mass is 275 g/mol. The van der Waals surface area contributed by atoms with Gasteiger partial charge in [0.05, 0.1) is 7.11 Å². The Bertz CT molecular complexity index is 566. The second kappa shape index (κ2) is 5.35. The summed E-state index contributed by atoms with van der Waals surface area (Å²) in [5, 5.41) is 4.25. The van der Waals surface area contributed by atoms with Crippen LogP contribution in [0.2, 0.25) is 0 Å². The van der Waals surface area contributed by atoms with Gasteiger partial charge in [0, 0.05) is 17.7 Å². The SMILES string of the molecule is COc1ccc(C(C)(C)C)cc1-c1cscc1CN. The Morgan fingerprint density at radius 2 is 1.89 bits per heavy atom. The fourth-order valence-electron chi connectivity index (χ4n) is 2.10. The highest BCUT2D eigenvalue weighted by Gasteiger charge is 2.18. The van der Waals surface area contributed by atoms with Crippen LogP contribution in [0.1, 0.15) is 31.9 Å². The summed E-state index contributed by atoms with van der Waals surface area (Å²) in [6, 6.07) is 6.41. The van der Waals surface area contributed by atoms with E-state index in [0.717, 1.165) is 11.3 Å². The predicted octanol–water partition coefficient (Wildman–Crippen LogP) is 4.18. The molecule has 0 atom stereocenters. The quantitative estimate of drug-likeness (QED) is 0.912. The number of thiophene rings is 1. The van der Waals surface area contributed by atoms with Crippen LogP contribution in [0.25, 0.3) is 11.1 Å². The van der Waals surface area contributed by atoms with Crippen molar-refractivity contribution in [1.82, 2.24) is 0 Å². The zero-order valence-corrected chi connectivity index (χ0v) is 12.8. The van der Waals surface area contributed by atoms with Gasteiger partial charge in [-0.3, -0.25) is 0 Å². The van der Waals surface area contributed by atoms with Gasteiger partial charge < -0.3 is 10.5 Å². The van der Waals surface area contributed by atoms with Crippen LogP contribution >= 0.6 is 11.3 Å². The zero-order chi connectivity index (χ0) is 14.0. The van der Waals surface area contributed by atoms with Gasteiger partial charge in [-0.05, 0) is 39.4 Å². The molecule has 2 rings (SSSR count).